The Morgan fingerprint density at radius 2 is 2.06 bits per heavy atom. The summed E-state index contributed by atoms with van der Waals surface area (Å²) in [5, 5.41) is 5.52. The molecular formula is C25H30FN5OS. The van der Waals surface area contributed by atoms with E-state index in [1.807, 2.05) is 6.07 Å². The third-order valence-electron chi connectivity index (χ3n) is 6.32. The molecule has 1 fully saturated rings. The van der Waals surface area contributed by atoms with Crippen LogP contribution in [0.3, 0.4) is 0 Å². The summed E-state index contributed by atoms with van der Waals surface area (Å²) in [4.78, 5) is 28.3. The van der Waals surface area contributed by atoms with Gasteiger partial charge in [-0.1, -0.05) is 18.2 Å². The average Bonchev–Trinajstić information content (AvgIpc) is 3.50. The number of carbonyl (C=O) groups is 1. The Balaban J connectivity index is 0.00000171. The van der Waals surface area contributed by atoms with E-state index in [0.29, 0.717) is 11.6 Å². The van der Waals surface area contributed by atoms with Crippen LogP contribution < -0.4 is 5.32 Å². The number of aliphatic imine (C=N–C) groups is 1. The zero-order valence-corrected chi connectivity index (χ0v) is 19.2. The highest BCUT2D eigenvalue weighted by molar-refractivity contribution is 7.09. The number of nitrogens with zero attached hydrogens (tertiary/aromatic N) is 4. The second kappa shape index (κ2) is 9.89. The number of nitrogens with one attached hydrogen (secondary N) is 1. The molecule has 0 radical (unpaired) electrons. The molecule has 174 valence electrons. The van der Waals surface area contributed by atoms with E-state index in [-0.39, 0.29) is 21.0 Å². The number of piperidine rings is 1. The summed E-state index contributed by atoms with van der Waals surface area (Å²) in [6.45, 7) is 3.15. The van der Waals surface area contributed by atoms with Crippen molar-refractivity contribution in [3.8, 4) is 0 Å². The number of aromatic nitrogens is 2. The molecule has 0 saturated carbocycles. The average molecular weight is 468 g/mol. The Morgan fingerprint density at radius 1 is 1.21 bits per heavy atom. The second-order valence-corrected chi connectivity index (χ2v) is 9.42. The Morgan fingerprint density at radius 3 is 2.88 bits per heavy atom. The van der Waals surface area contributed by atoms with Crippen LogP contribution in [-0.2, 0) is 13.0 Å². The molecule has 1 saturated heterocycles. The minimum absolute atomic E-state index is 0. The number of likely N-dealkylation sites (tertiary alicyclic amines) is 1. The van der Waals surface area contributed by atoms with Crippen molar-refractivity contribution < 1.29 is 12.0 Å². The molecule has 3 aromatic rings. The number of amides is 1. The highest BCUT2D eigenvalue weighted by Crippen LogP contribution is 2.31. The van der Waals surface area contributed by atoms with Gasteiger partial charge in [-0.05, 0) is 56.1 Å². The summed E-state index contributed by atoms with van der Waals surface area (Å²) < 4.78 is 13.7. The highest BCUT2D eigenvalue weighted by atomic mass is 32.1. The summed E-state index contributed by atoms with van der Waals surface area (Å²) >= 11 is 1.54. The molecule has 2 aromatic heterocycles. The molecule has 5 rings (SSSR count). The zero-order chi connectivity index (χ0) is 22.6. The van der Waals surface area contributed by atoms with Crippen LogP contribution in [-0.4, -0.2) is 46.1 Å². The molecule has 0 bridgehead atoms. The van der Waals surface area contributed by atoms with Gasteiger partial charge in [-0.2, -0.15) is 0 Å². The molecule has 6 nitrogen and oxygen atoms in total. The predicted molar refractivity (Wildman–Crippen MR) is 132 cm³/mol. The van der Waals surface area contributed by atoms with Crippen molar-refractivity contribution in [3.63, 3.8) is 0 Å². The largest absolute Gasteiger partial charge is 0.345 e. The fraction of sp³-hybridized carbons (Fsp3) is 0.360. The van der Waals surface area contributed by atoms with Crippen molar-refractivity contribution in [3.05, 3.63) is 75.8 Å². The first kappa shape index (κ1) is 21.9. The maximum absolute atomic E-state index is 13.7. The third kappa shape index (κ3) is 5.17. The van der Waals surface area contributed by atoms with Gasteiger partial charge in [0.1, 0.15) is 11.5 Å². The number of rotatable bonds is 7. The van der Waals surface area contributed by atoms with Crippen LogP contribution in [0.4, 0.5) is 10.1 Å². The van der Waals surface area contributed by atoms with Gasteiger partial charge in [0.15, 0.2) is 0 Å². The Hall–Kier alpha value is -2.97. The summed E-state index contributed by atoms with van der Waals surface area (Å²) in [7, 11) is 0. The van der Waals surface area contributed by atoms with Gasteiger partial charge in [-0.3, -0.25) is 14.8 Å². The van der Waals surface area contributed by atoms with Gasteiger partial charge in [0.2, 0.25) is 0 Å². The van der Waals surface area contributed by atoms with E-state index in [4.69, 9.17) is 4.99 Å². The van der Waals surface area contributed by atoms with E-state index in [9.17, 15) is 9.18 Å². The number of halogens is 1. The SMILES string of the molecule is O=C(NCc1ncccc1F)c1csc(C2CCN(CCC3=Nc4ccccc4C3)CC2)n1.[HH].[HH]. The number of thiazole rings is 1. The van der Waals surface area contributed by atoms with E-state index >= 15 is 0 Å². The molecule has 4 heterocycles. The minimum Gasteiger partial charge on any atom is -0.345 e. The van der Waals surface area contributed by atoms with Crippen LogP contribution in [0.2, 0.25) is 0 Å². The Bertz CT molecular complexity index is 1180. The van der Waals surface area contributed by atoms with E-state index in [0.717, 1.165) is 56.0 Å². The number of hydrogen-bond acceptors (Lipinski definition) is 6. The maximum Gasteiger partial charge on any atom is 0.271 e. The minimum atomic E-state index is -0.423. The molecule has 1 amide bonds. The van der Waals surface area contributed by atoms with Gasteiger partial charge in [0.05, 0.1) is 22.9 Å². The molecule has 0 spiro atoms. The quantitative estimate of drug-likeness (QED) is 0.531. The topological polar surface area (TPSA) is 70.5 Å². The summed E-state index contributed by atoms with van der Waals surface area (Å²) in [6, 6.07) is 11.2. The van der Waals surface area contributed by atoms with Crippen LogP contribution in [0.15, 0.2) is 53.0 Å². The lowest BCUT2D eigenvalue weighted by atomic mass is 9.97. The molecule has 0 aliphatic carbocycles. The van der Waals surface area contributed by atoms with Crippen molar-refractivity contribution in [2.24, 2.45) is 4.99 Å². The van der Waals surface area contributed by atoms with E-state index in [2.05, 4.69) is 38.4 Å². The standard InChI is InChI=1S/C25H26FN5OS.2H2/c26-20-5-3-10-27-22(20)15-28-24(32)23-16-33-25(30-23)17-7-11-31(12-8-17)13-9-19-14-18-4-1-2-6-21(18)29-19;;/h1-6,10,16-17H,7-9,11-15H2,(H,28,32);2*1H. The van der Waals surface area contributed by atoms with E-state index < -0.39 is 5.82 Å². The molecule has 1 aromatic carbocycles. The van der Waals surface area contributed by atoms with Crippen molar-refractivity contribution in [2.75, 3.05) is 19.6 Å². The van der Waals surface area contributed by atoms with Crippen LogP contribution in [0, 0.1) is 5.82 Å². The summed E-state index contributed by atoms with van der Waals surface area (Å²) in [5.74, 6) is -0.333. The lowest BCUT2D eigenvalue weighted by molar-refractivity contribution is 0.0945. The van der Waals surface area contributed by atoms with Crippen molar-refractivity contribution in [1.82, 2.24) is 20.2 Å². The van der Waals surface area contributed by atoms with Gasteiger partial charge in [0, 0.05) is 39.0 Å². The van der Waals surface area contributed by atoms with Crippen LogP contribution in [0.5, 0.6) is 0 Å². The summed E-state index contributed by atoms with van der Waals surface area (Å²) in [6.07, 6.45) is 5.58. The smallest absolute Gasteiger partial charge is 0.271 e. The Labute approximate surface area is 199 Å². The predicted octanol–water partition coefficient (Wildman–Crippen LogP) is 5.00. The van der Waals surface area contributed by atoms with E-state index in [1.54, 1.807) is 5.38 Å². The van der Waals surface area contributed by atoms with Crippen LogP contribution >= 0.6 is 11.3 Å². The first-order valence-corrected chi connectivity index (χ1v) is 12.2. The fourth-order valence-electron chi connectivity index (χ4n) is 4.42. The monoisotopic (exact) mass is 467 g/mol. The van der Waals surface area contributed by atoms with Crippen molar-refractivity contribution in [1.29, 1.82) is 0 Å². The maximum atomic E-state index is 13.7. The van der Waals surface area contributed by atoms with Crippen LogP contribution in [0.25, 0.3) is 0 Å². The zero-order valence-electron chi connectivity index (χ0n) is 18.3. The number of pyridine rings is 1. The first-order chi connectivity index (χ1) is 16.2. The number of benzene rings is 1. The fourth-order valence-corrected chi connectivity index (χ4v) is 5.39. The van der Waals surface area contributed by atoms with Gasteiger partial charge in [-0.25, -0.2) is 9.37 Å². The molecule has 2 aliphatic heterocycles. The van der Waals surface area contributed by atoms with E-state index in [1.165, 1.54) is 40.9 Å². The van der Waals surface area contributed by atoms with Gasteiger partial charge in [0.25, 0.3) is 5.91 Å². The number of para-hydroxylation sites is 1. The van der Waals surface area contributed by atoms with Crippen molar-refractivity contribution >= 4 is 28.6 Å². The van der Waals surface area contributed by atoms with Gasteiger partial charge < -0.3 is 10.2 Å². The molecule has 1 N–H and O–H groups in total. The first-order valence-electron chi connectivity index (χ1n) is 11.4. The van der Waals surface area contributed by atoms with Crippen molar-refractivity contribution in [2.45, 2.75) is 38.1 Å². The summed E-state index contributed by atoms with van der Waals surface area (Å²) in [5.41, 5.74) is 4.35. The lowest BCUT2D eigenvalue weighted by Gasteiger charge is -2.31. The number of fused-ring (bicyclic) bond motifs is 1. The molecule has 0 unspecified atom stereocenters. The Kier molecular flexibility index (Phi) is 6.55. The van der Waals surface area contributed by atoms with Gasteiger partial charge in [-0.15, -0.1) is 11.3 Å². The molecule has 33 heavy (non-hydrogen) atoms. The number of hydrogen-bond donors (Lipinski definition) is 1. The molecular weight excluding hydrogens is 437 g/mol. The second-order valence-electron chi connectivity index (χ2n) is 8.54. The normalized spacial score (nSPS) is 16.5. The highest BCUT2D eigenvalue weighted by Gasteiger charge is 2.24. The van der Waals surface area contributed by atoms with Gasteiger partial charge >= 0.3 is 0 Å². The van der Waals surface area contributed by atoms with Crippen LogP contribution in [0.1, 0.15) is 54.8 Å². The lowest BCUT2D eigenvalue weighted by Crippen LogP contribution is -2.34. The molecule has 0 atom stereocenters. The number of carbonyl (C=O) groups excluding carboxylic acids is 1. The molecule has 2 aliphatic rings. The third-order valence-corrected chi connectivity index (χ3v) is 7.33. The molecule has 8 heteroatoms.